The topological polar surface area (TPSA) is 41.6 Å². The van der Waals surface area contributed by atoms with E-state index >= 15 is 0 Å². The van der Waals surface area contributed by atoms with Crippen LogP contribution in [0, 0.1) is 5.92 Å². The summed E-state index contributed by atoms with van der Waals surface area (Å²) in [4.78, 5) is 15.3. The Labute approximate surface area is 165 Å². The number of amides is 1. The minimum atomic E-state index is -0.0852. The Balaban J connectivity index is 1.44. The summed E-state index contributed by atoms with van der Waals surface area (Å²) in [5.41, 5.74) is 2.93. The maximum atomic E-state index is 12.9. The molecule has 1 N–H and O–H groups in total. The predicted octanol–water partition coefficient (Wildman–Crippen LogP) is 4.30. The molecule has 2 aromatic carbocycles. The van der Waals surface area contributed by atoms with Crippen LogP contribution in [0.2, 0.25) is 5.02 Å². The molecule has 1 aliphatic heterocycles. The molecular weight excluding hydrogens is 360 g/mol. The van der Waals surface area contributed by atoms with E-state index in [1.807, 2.05) is 48.5 Å². The Morgan fingerprint density at radius 1 is 1.15 bits per heavy atom. The van der Waals surface area contributed by atoms with Gasteiger partial charge in [0.15, 0.2) is 0 Å². The number of morpholine rings is 1. The standard InChI is InChI=1S/C22H25ClN2O2/c23-20-14-19(9-8-18(20)15-25-10-12-27-13-11-25)24-22(26)21(17-6-7-17)16-4-2-1-3-5-16/h1-5,8-9,14,17,21H,6-7,10-13,15H2,(H,24,26). The van der Waals surface area contributed by atoms with Crippen LogP contribution in [0.5, 0.6) is 0 Å². The minimum absolute atomic E-state index is 0.0562. The fourth-order valence-corrected chi connectivity index (χ4v) is 3.94. The molecule has 1 atom stereocenters. The lowest BCUT2D eigenvalue weighted by atomic mass is 9.93. The van der Waals surface area contributed by atoms with Gasteiger partial charge in [0.05, 0.1) is 19.1 Å². The van der Waals surface area contributed by atoms with Crippen molar-refractivity contribution in [3.8, 4) is 0 Å². The third kappa shape index (κ3) is 4.70. The van der Waals surface area contributed by atoms with Crippen LogP contribution in [0.4, 0.5) is 5.69 Å². The maximum Gasteiger partial charge on any atom is 0.232 e. The zero-order valence-corrected chi connectivity index (χ0v) is 16.1. The van der Waals surface area contributed by atoms with Crippen LogP contribution in [-0.4, -0.2) is 37.1 Å². The highest BCUT2D eigenvalue weighted by molar-refractivity contribution is 6.31. The maximum absolute atomic E-state index is 12.9. The molecule has 1 heterocycles. The summed E-state index contributed by atoms with van der Waals surface area (Å²) in [7, 11) is 0. The number of nitrogens with zero attached hydrogens (tertiary/aromatic N) is 1. The van der Waals surface area contributed by atoms with Gasteiger partial charge in [-0.05, 0) is 42.0 Å². The van der Waals surface area contributed by atoms with Gasteiger partial charge >= 0.3 is 0 Å². The summed E-state index contributed by atoms with van der Waals surface area (Å²) in [6, 6.07) is 15.9. The molecule has 4 nitrogen and oxygen atoms in total. The molecule has 1 unspecified atom stereocenters. The number of anilines is 1. The van der Waals surface area contributed by atoms with Gasteiger partial charge in [-0.15, -0.1) is 0 Å². The summed E-state index contributed by atoms with van der Waals surface area (Å²) in [6.45, 7) is 4.21. The number of carbonyl (C=O) groups is 1. The monoisotopic (exact) mass is 384 g/mol. The van der Waals surface area contributed by atoms with Gasteiger partial charge in [-0.25, -0.2) is 0 Å². The third-order valence-corrected chi connectivity index (χ3v) is 5.70. The summed E-state index contributed by atoms with van der Waals surface area (Å²) in [6.07, 6.45) is 2.23. The normalized spacial score (nSPS) is 18.9. The molecule has 4 rings (SSSR count). The van der Waals surface area contributed by atoms with Crippen LogP contribution in [0.25, 0.3) is 0 Å². The molecule has 27 heavy (non-hydrogen) atoms. The number of hydrogen-bond acceptors (Lipinski definition) is 3. The second kappa shape index (κ2) is 8.42. The van der Waals surface area contributed by atoms with Gasteiger partial charge in [0.1, 0.15) is 0 Å². The number of halogens is 1. The lowest BCUT2D eigenvalue weighted by molar-refractivity contribution is -0.118. The second-order valence-electron chi connectivity index (χ2n) is 7.41. The Morgan fingerprint density at radius 2 is 1.89 bits per heavy atom. The van der Waals surface area contributed by atoms with E-state index in [9.17, 15) is 4.79 Å². The van der Waals surface area contributed by atoms with E-state index in [-0.39, 0.29) is 11.8 Å². The van der Waals surface area contributed by atoms with Gasteiger partial charge in [-0.1, -0.05) is 48.0 Å². The van der Waals surface area contributed by atoms with E-state index in [1.165, 1.54) is 0 Å². The zero-order chi connectivity index (χ0) is 18.6. The number of carbonyl (C=O) groups excluding carboxylic acids is 1. The first-order valence-electron chi connectivity index (χ1n) is 9.65. The summed E-state index contributed by atoms with van der Waals surface area (Å²) in [5, 5.41) is 3.77. The molecule has 1 amide bonds. The van der Waals surface area contributed by atoms with Crippen molar-refractivity contribution in [2.24, 2.45) is 5.92 Å². The molecule has 0 bridgehead atoms. The Morgan fingerprint density at radius 3 is 2.56 bits per heavy atom. The van der Waals surface area contributed by atoms with E-state index < -0.39 is 0 Å². The van der Waals surface area contributed by atoms with Crippen molar-refractivity contribution in [1.82, 2.24) is 4.90 Å². The van der Waals surface area contributed by atoms with Crippen LogP contribution in [0.1, 0.15) is 29.9 Å². The van der Waals surface area contributed by atoms with Gasteiger partial charge in [-0.2, -0.15) is 0 Å². The van der Waals surface area contributed by atoms with Crippen LogP contribution < -0.4 is 5.32 Å². The number of hydrogen-bond donors (Lipinski definition) is 1. The number of benzene rings is 2. The lowest BCUT2D eigenvalue weighted by Crippen LogP contribution is -2.35. The summed E-state index contributed by atoms with van der Waals surface area (Å²) in [5.74, 6) is 0.419. The number of ether oxygens (including phenoxy) is 1. The largest absolute Gasteiger partial charge is 0.379 e. The summed E-state index contributed by atoms with van der Waals surface area (Å²) < 4.78 is 5.39. The first-order chi connectivity index (χ1) is 13.2. The second-order valence-corrected chi connectivity index (χ2v) is 7.82. The van der Waals surface area contributed by atoms with Crippen LogP contribution in [-0.2, 0) is 16.1 Å². The lowest BCUT2D eigenvalue weighted by Gasteiger charge is -2.27. The molecular formula is C22H25ClN2O2. The fourth-order valence-electron chi connectivity index (χ4n) is 3.70. The van der Waals surface area contributed by atoms with Crippen LogP contribution in [0.3, 0.4) is 0 Å². The van der Waals surface area contributed by atoms with E-state index in [2.05, 4.69) is 10.2 Å². The molecule has 5 heteroatoms. The van der Waals surface area contributed by atoms with E-state index in [1.54, 1.807) is 0 Å². The molecule has 142 valence electrons. The molecule has 2 aromatic rings. The molecule has 1 saturated heterocycles. The van der Waals surface area contributed by atoms with Crippen molar-refractivity contribution >= 4 is 23.2 Å². The van der Waals surface area contributed by atoms with E-state index in [0.717, 1.165) is 62.5 Å². The van der Waals surface area contributed by atoms with Crippen molar-refractivity contribution in [2.45, 2.75) is 25.3 Å². The SMILES string of the molecule is O=C(Nc1ccc(CN2CCOCC2)c(Cl)c1)C(c1ccccc1)C1CC1. The first kappa shape index (κ1) is 18.5. The van der Waals surface area contributed by atoms with Crippen LogP contribution >= 0.6 is 11.6 Å². The molecule has 0 radical (unpaired) electrons. The number of rotatable bonds is 6. The van der Waals surface area contributed by atoms with Gasteiger partial charge < -0.3 is 10.1 Å². The van der Waals surface area contributed by atoms with Crippen LogP contribution in [0.15, 0.2) is 48.5 Å². The smallest absolute Gasteiger partial charge is 0.232 e. The van der Waals surface area contributed by atoms with Crippen molar-refractivity contribution in [2.75, 3.05) is 31.6 Å². The number of nitrogens with one attached hydrogen (secondary N) is 1. The van der Waals surface area contributed by atoms with E-state index in [0.29, 0.717) is 10.9 Å². The fraction of sp³-hybridized carbons (Fsp3) is 0.409. The van der Waals surface area contributed by atoms with Gasteiger partial charge in [-0.3, -0.25) is 9.69 Å². The van der Waals surface area contributed by atoms with Crippen molar-refractivity contribution in [3.05, 3.63) is 64.7 Å². The van der Waals surface area contributed by atoms with Crippen molar-refractivity contribution in [3.63, 3.8) is 0 Å². The summed E-state index contributed by atoms with van der Waals surface area (Å²) >= 11 is 6.49. The quantitative estimate of drug-likeness (QED) is 0.807. The predicted molar refractivity (Wildman–Crippen MR) is 108 cm³/mol. The molecule has 2 fully saturated rings. The first-order valence-corrected chi connectivity index (χ1v) is 10.0. The Kier molecular flexibility index (Phi) is 5.77. The molecule has 0 aromatic heterocycles. The molecule has 1 aliphatic carbocycles. The highest BCUT2D eigenvalue weighted by Crippen LogP contribution is 2.43. The average Bonchev–Trinajstić information content (AvgIpc) is 3.51. The Bertz CT molecular complexity index is 786. The third-order valence-electron chi connectivity index (χ3n) is 5.35. The molecule has 0 spiro atoms. The Hall–Kier alpha value is -1.88. The van der Waals surface area contributed by atoms with Gasteiger partial charge in [0, 0.05) is 30.3 Å². The van der Waals surface area contributed by atoms with Crippen molar-refractivity contribution < 1.29 is 9.53 Å². The van der Waals surface area contributed by atoms with Crippen molar-refractivity contribution in [1.29, 1.82) is 0 Å². The highest BCUT2D eigenvalue weighted by Gasteiger charge is 2.37. The highest BCUT2D eigenvalue weighted by atomic mass is 35.5. The van der Waals surface area contributed by atoms with Gasteiger partial charge in [0.25, 0.3) is 0 Å². The van der Waals surface area contributed by atoms with E-state index in [4.69, 9.17) is 16.3 Å². The minimum Gasteiger partial charge on any atom is -0.379 e. The molecule has 2 aliphatic rings. The van der Waals surface area contributed by atoms with Gasteiger partial charge in [0.2, 0.25) is 5.91 Å². The molecule has 1 saturated carbocycles. The zero-order valence-electron chi connectivity index (χ0n) is 15.4. The average molecular weight is 385 g/mol.